The van der Waals surface area contributed by atoms with Crippen LogP contribution >= 0.6 is 0 Å². The highest BCUT2D eigenvalue weighted by Gasteiger charge is 2.35. The van der Waals surface area contributed by atoms with Gasteiger partial charge in [-0.15, -0.1) is 0 Å². The number of benzene rings is 1. The largest absolute Gasteiger partial charge is 0.451 e. The van der Waals surface area contributed by atoms with Crippen molar-refractivity contribution in [2.45, 2.75) is 19.5 Å². The number of nitrogens with one attached hydrogen (secondary N) is 1. The summed E-state index contributed by atoms with van der Waals surface area (Å²) in [4.78, 5) is 6.62. The molecule has 0 spiro atoms. The van der Waals surface area contributed by atoms with Crippen molar-refractivity contribution in [2.24, 2.45) is 0 Å². The van der Waals surface area contributed by atoms with E-state index in [2.05, 4.69) is 15.3 Å². The minimum atomic E-state index is -4.61. The lowest BCUT2D eigenvalue weighted by Gasteiger charge is -2.11. The Morgan fingerprint density at radius 2 is 1.90 bits per heavy atom. The van der Waals surface area contributed by atoms with E-state index in [-0.39, 0.29) is 11.6 Å². The number of aryl methyl sites for hydroxylation is 1. The van der Waals surface area contributed by atoms with Crippen molar-refractivity contribution in [3.63, 3.8) is 0 Å². The zero-order valence-electron chi connectivity index (χ0n) is 11.4. The Labute approximate surface area is 120 Å². The van der Waals surface area contributed by atoms with Crippen LogP contribution in [0.4, 0.5) is 24.8 Å². The lowest BCUT2D eigenvalue weighted by molar-refractivity contribution is -0.144. The summed E-state index contributed by atoms with van der Waals surface area (Å²) in [6.45, 7) is 2.44. The Morgan fingerprint density at radius 1 is 1.19 bits per heavy atom. The van der Waals surface area contributed by atoms with Gasteiger partial charge in [0.25, 0.3) is 0 Å². The molecule has 7 heteroatoms. The molecule has 112 valence electrons. The van der Waals surface area contributed by atoms with Gasteiger partial charge in [-0.3, -0.25) is 0 Å². The zero-order chi connectivity index (χ0) is 15.5. The van der Waals surface area contributed by atoms with Gasteiger partial charge in [0.15, 0.2) is 0 Å². The van der Waals surface area contributed by atoms with E-state index in [1.165, 1.54) is 6.07 Å². The number of hydrogen-bond acceptors (Lipinski definition) is 4. The molecule has 1 heterocycles. The number of nitrogens with two attached hydrogens (primary N) is 1. The summed E-state index contributed by atoms with van der Waals surface area (Å²) >= 11 is 0. The van der Waals surface area contributed by atoms with Gasteiger partial charge in [0, 0.05) is 12.6 Å². The Morgan fingerprint density at radius 3 is 2.57 bits per heavy atom. The molecular weight excluding hydrogens is 281 g/mol. The van der Waals surface area contributed by atoms with Crippen molar-refractivity contribution in [2.75, 3.05) is 17.6 Å². The quantitative estimate of drug-likeness (QED) is 0.910. The molecule has 0 saturated heterocycles. The smallest absolute Gasteiger partial charge is 0.384 e. The Bertz CT molecular complexity index is 626. The van der Waals surface area contributed by atoms with Crippen molar-refractivity contribution in [1.29, 1.82) is 0 Å². The second kappa shape index (κ2) is 5.99. The van der Waals surface area contributed by atoms with Gasteiger partial charge in [-0.2, -0.15) is 13.2 Å². The molecule has 0 amide bonds. The zero-order valence-corrected chi connectivity index (χ0v) is 11.4. The van der Waals surface area contributed by atoms with E-state index in [4.69, 9.17) is 5.73 Å². The van der Waals surface area contributed by atoms with Gasteiger partial charge in [0.2, 0.25) is 5.82 Å². The summed E-state index contributed by atoms with van der Waals surface area (Å²) in [5, 5.41) is 2.84. The van der Waals surface area contributed by atoms with Crippen LogP contribution in [0.25, 0.3) is 0 Å². The molecule has 1 aromatic heterocycles. The monoisotopic (exact) mass is 296 g/mol. The fourth-order valence-corrected chi connectivity index (χ4v) is 1.90. The van der Waals surface area contributed by atoms with Crippen LogP contribution in [0.3, 0.4) is 0 Å². The second-order valence-electron chi connectivity index (χ2n) is 4.60. The fourth-order valence-electron chi connectivity index (χ4n) is 1.90. The number of alkyl halides is 3. The predicted octanol–water partition coefficient (Wildman–Crippen LogP) is 3.04. The number of nitrogen functional groups attached to an aromatic ring is 1. The van der Waals surface area contributed by atoms with Crippen LogP contribution in [0.5, 0.6) is 0 Å². The average molecular weight is 296 g/mol. The van der Waals surface area contributed by atoms with Crippen LogP contribution in [-0.4, -0.2) is 16.5 Å². The number of halogens is 3. The molecule has 0 atom stereocenters. The number of aromatic nitrogens is 2. The Balaban J connectivity index is 2.04. The number of nitrogens with zero attached hydrogens (tertiary/aromatic N) is 2. The van der Waals surface area contributed by atoms with E-state index in [1.54, 1.807) is 0 Å². The highest BCUT2D eigenvalue weighted by Crippen LogP contribution is 2.27. The topological polar surface area (TPSA) is 63.8 Å². The first-order valence-corrected chi connectivity index (χ1v) is 6.36. The highest BCUT2D eigenvalue weighted by molar-refractivity contribution is 5.45. The third-order valence-corrected chi connectivity index (χ3v) is 2.96. The van der Waals surface area contributed by atoms with Crippen molar-refractivity contribution in [1.82, 2.24) is 9.97 Å². The molecule has 2 aromatic rings. The molecular formula is C14H15F3N4. The van der Waals surface area contributed by atoms with Crippen molar-refractivity contribution >= 4 is 11.6 Å². The minimum Gasteiger partial charge on any atom is -0.384 e. The summed E-state index contributed by atoms with van der Waals surface area (Å²) in [7, 11) is 0. The first kappa shape index (κ1) is 15.1. The van der Waals surface area contributed by atoms with E-state index < -0.39 is 12.0 Å². The molecule has 21 heavy (non-hydrogen) atoms. The summed E-state index contributed by atoms with van der Waals surface area (Å²) in [5.74, 6) is -1.37. The molecule has 1 aromatic carbocycles. The van der Waals surface area contributed by atoms with Gasteiger partial charge < -0.3 is 11.1 Å². The maximum atomic E-state index is 12.6. The molecule has 4 nitrogen and oxygen atoms in total. The molecule has 0 radical (unpaired) electrons. The van der Waals surface area contributed by atoms with Crippen molar-refractivity contribution < 1.29 is 13.2 Å². The van der Waals surface area contributed by atoms with Gasteiger partial charge in [0.1, 0.15) is 11.6 Å². The van der Waals surface area contributed by atoms with E-state index >= 15 is 0 Å². The molecule has 2 rings (SSSR count). The van der Waals surface area contributed by atoms with Crippen LogP contribution in [0, 0.1) is 6.92 Å². The predicted molar refractivity (Wildman–Crippen MR) is 74.8 cm³/mol. The van der Waals surface area contributed by atoms with Gasteiger partial charge in [-0.25, -0.2) is 9.97 Å². The minimum absolute atomic E-state index is 0.0726. The number of rotatable bonds is 4. The molecule has 0 aliphatic rings. The summed E-state index contributed by atoms with van der Waals surface area (Å²) < 4.78 is 37.7. The van der Waals surface area contributed by atoms with Crippen LogP contribution in [-0.2, 0) is 12.6 Å². The maximum absolute atomic E-state index is 12.6. The lowest BCUT2D eigenvalue weighted by atomic mass is 10.1. The summed E-state index contributed by atoms with van der Waals surface area (Å²) in [6, 6.07) is 9.11. The Kier molecular flexibility index (Phi) is 4.30. The maximum Gasteiger partial charge on any atom is 0.451 e. The standard InChI is InChI=1S/C14H15F3N4/c1-9-4-2-3-5-10(9)6-7-19-12-8-11(18)20-13(21-12)14(15,16)17/h2-5,8H,6-7H2,1H3,(H3,18,19,20,21). The molecule has 0 aliphatic carbocycles. The number of hydrogen-bond donors (Lipinski definition) is 2. The third-order valence-electron chi connectivity index (χ3n) is 2.96. The molecule has 0 aliphatic heterocycles. The first-order valence-electron chi connectivity index (χ1n) is 6.36. The highest BCUT2D eigenvalue weighted by atomic mass is 19.4. The van der Waals surface area contributed by atoms with E-state index in [1.807, 2.05) is 31.2 Å². The van der Waals surface area contributed by atoms with Crippen molar-refractivity contribution in [3.05, 3.63) is 47.3 Å². The number of anilines is 2. The van der Waals surface area contributed by atoms with Gasteiger partial charge >= 0.3 is 6.18 Å². The lowest BCUT2D eigenvalue weighted by Crippen LogP contribution is -2.15. The van der Waals surface area contributed by atoms with Gasteiger partial charge in [0.05, 0.1) is 0 Å². The third kappa shape index (κ3) is 4.08. The summed E-state index contributed by atoms with van der Waals surface area (Å²) in [6.07, 6.45) is -3.93. The van der Waals surface area contributed by atoms with Crippen LogP contribution in [0.1, 0.15) is 17.0 Å². The Hall–Kier alpha value is -2.31. The average Bonchev–Trinajstić information content (AvgIpc) is 2.39. The molecule has 3 N–H and O–H groups in total. The van der Waals surface area contributed by atoms with Gasteiger partial charge in [-0.1, -0.05) is 24.3 Å². The first-order chi connectivity index (χ1) is 9.86. The SMILES string of the molecule is Cc1ccccc1CCNc1cc(N)nc(C(F)(F)F)n1. The molecule has 0 bridgehead atoms. The van der Waals surface area contributed by atoms with E-state index in [0.717, 1.165) is 11.1 Å². The van der Waals surface area contributed by atoms with Crippen LogP contribution in [0.15, 0.2) is 30.3 Å². The normalized spacial score (nSPS) is 11.4. The second-order valence-corrected chi connectivity index (χ2v) is 4.60. The van der Waals surface area contributed by atoms with Gasteiger partial charge in [-0.05, 0) is 24.5 Å². The summed E-state index contributed by atoms with van der Waals surface area (Å²) in [5.41, 5.74) is 7.64. The van der Waals surface area contributed by atoms with Crippen LogP contribution in [0.2, 0.25) is 0 Å². The van der Waals surface area contributed by atoms with E-state index in [9.17, 15) is 13.2 Å². The molecule has 0 saturated carbocycles. The molecule has 0 unspecified atom stereocenters. The molecule has 0 fully saturated rings. The fraction of sp³-hybridized carbons (Fsp3) is 0.286. The van der Waals surface area contributed by atoms with Crippen LogP contribution < -0.4 is 11.1 Å². The van der Waals surface area contributed by atoms with E-state index in [0.29, 0.717) is 13.0 Å². The van der Waals surface area contributed by atoms with Crippen molar-refractivity contribution in [3.8, 4) is 0 Å².